The minimum absolute atomic E-state index is 0. The first-order valence-electron chi connectivity index (χ1n) is 2.71. The zero-order valence-corrected chi connectivity index (χ0v) is 7.51. The van der Waals surface area contributed by atoms with Crippen molar-refractivity contribution in [3.8, 4) is 0 Å². The molecule has 0 heterocycles. The standard InChI is InChI=1S/C3HF5O6S.FH/c4-2(1(9)13-8,3(5,6)7)14-15(10,11)12;/h(H,10,11,12);1H. The molecular weight excluding hydrogens is 278 g/mol. The van der Waals surface area contributed by atoms with E-state index in [1.165, 1.54) is 0 Å². The first-order valence-corrected chi connectivity index (χ1v) is 4.07. The van der Waals surface area contributed by atoms with Gasteiger partial charge in [-0.05, 0) is 0 Å². The van der Waals surface area contributed by atoms with Crippen LogP contribution in [0.2, 0.25) is 0 Å². The second-order valence-electron chi connectivity index (χ2n) is 1.97. The SMILES string of the molecule is F.O=C(OF)C(F)(OS(=O)(=O)O)C(F)(F)F. The van der Waals surface area contributed by atoms with Crippen LogP contribution in [0.3, 0.4) is 0 Å². The number of rotatable bonds is 3. The first-order chi connectivity index (χ1) is 6.44. The van der Waals surface area contributed by atoms with Crippen LogP contribution in [0.1, 0.15) is 0 Å². The molecule has 0 fully saturated rings. The maximum Gasteiger partial charge on any atom is 0.461 e. The Morgan fingerprint density at radius 3 is 1.75 bits per heavy atom. The summed E-state index contributed by atoms with van der Waals surface area (Å²) in [7, 11) is -5.98. The zero-order valence-electron chi connectivity index (χ0n) is 6.69. The molecule has 13 heteroatoms. The molecular formula is C3H2F6O6S. The fourth-order valence-corrected chi connectivity index (χ4v) is 0.844. The lowest BCUT2D eigenvalue weighted by molar-refractivity contribution is -0.310. The third-order valence-corrected chi connectivity index (χ3v) is 1.36. The monoisotopic (exact) mass is 280 g/mol. The molecule has 0 aromatic rings. The Labute approximate surface area is 83.2 Å². The van der Waals surface area contributed by atoms with Crippen LogP contribution in [-0.4, -0.2) is 31.0 Å². The fourth-order valence-electron chi connectivity index (χ4n) is 0.392. The van der Waals surface area contributed by atoms with Crippen molar-refractivity contribution < 1.29 is 53.7 Å². The van der Waals surface area contributed by atoms with Gasteiger partial charge >= 0.3 is 28.4 Å². The molecule has 0 rings (SSSR count). The quantitative estimate of drug-likeness (QED) is 0.602. The molecule has 0 aromatic carbocycles. The van der Waals surface area contributed by atoms with Crippen LogP contribution >= 0.6 is 0 Å². The number of alkyl halides is 4. The van der Waals surface area contributed by atoms with E-state index in [9.17, 15) is 35.3 Å². The number of hydrogen-bond acceptors (Lipinski definition) is 5. The molecule has 0 saturated heterocycles. The molecule has 0 aliphatic heterocycles. The predicted molar refractivity (Wildman–Crippen MR) is 32.2 cm³/mol. The summed E-state index contributed by atoms with van der Waals surface area (Å²) < 4.78 is 88.5. The molecule has 16 heavy (non-hydrogen) atoms. The van der Waals surface area contributed by atoms with Crippen molar-refractivity contribution in [2.45, 2.75) is 12.0 Å². The Bertz CT molecular complexity index is 348. The molecule has 0 radical (unpaired) electrons. The van der Waals surface area contributed by atoms with Gasteiger partial charge in [0.15, 0.2) is 0 Å². The van der Waals surface area contributed by atoms with Crippen molar-refractivity contribution in [2.75, 3.05) is 0 Å². The van der Waals surface area contributed by atoms with E-state index in [4.69, 9.17) is 4.55 Å². The van der Waals surface area contributed by atoms with Crippen LogP contribution in [0.5, 0.6) is 0 Å². The van der Waals surface area contributed by atoms with E-state index in [1.54, 1.807) is 0 Å². The van der Waals surface area contributed by atoms with Gasteiger partial charge < -0.3 is 0 Å². The van der Waals surface area contributed by atoms with Gasteiger partial charge in [0.1, 0.15) is 0 Å². The molecule has 0 aliphatic carbocycles. The molecule has 0 spiro atoms. The summed E-state index contributed by atoms with van der Waals surface area (Å²) in [5.74, 6) is -8.97. The number of carbonyl (C=O) groups excluding carboxylic acids is 1. The van der Waals surface area contributed by atoms with Crippen molar-refractivity contribution in [2.24, 2.45) is 0 Å². The fraction of sp³-hybridized carbons (Fsp3) is 0.667. The van der Waals surface area contributed by atoms with E-state index in [0.717, 1.165) is 0 Å². The van der Waals surface area contributed by atoms with Crippen LogP contribution < -0.4 is 0 Å². The lowest BCUT2D eigenvalue weighted by atomic mass is 10.3. The highest BCUT2D eigenvalue weighted by molar-refractivity contribution is 7.81. The second-order valence-corrected chi connectivity index (χ2v) is 2.99. The Morgan fingerprint density at radius 1 is 1.19 bits per heavy atom. The van der Waals surface area contributed by atoms with Crippen LogP contribution in [0.15, 0.2) is 0 Å². The van der Waals surface area contributed by atoms with Gasteiger partial charge in [0.25, 0.3) is 0 Å². The molecule has 0 bridgehead atoms. The Morgan fingerprint density at radius 2 is 1.56 bits per heavy atom. The van der Waals surface area contributed by atoms with E-state index in [0.29, 0.717) is 0 Å². The highest BCUT2D eigenvalue weighted by atomic mass is 32.3. The van der Waals surface area contributed by atoms with Crippen molar-refractivity contribution in [1.29, 1.82) is 0 Å². The van der Waals surface area contributed by atoms with Gasteiger partial charge in [-0.2, -0.15) is 30.2 Å². The van der Waals surface area contributed by atoms with E-state index in [1.807, 2.05) is 4.94 Å². The van der Waals surface area contributed by atoms with Crippen molar-refractivity contribution in [3.05, 3.63) is 0 Å². The molecule has 1 atom stereocenters. The minimum Gasteiger partial charge on any atom is -0.269 e. The van der Waals surface area contributed by atoms with E-state index in [2.05, 4.69) is 4.18 Å². The van der Waals surface area contributed by atoms with Crippen LogP contribution in [0.4, 0.5) is 26.8 Å². The Hall–Kier alpha value is -1.08. The van der Waals surface area contributed by atoms with Crippen LogP contribution in [-0.2, 0) is 24.3 Å². The van der Waals surface area contributed by atoms with Gasteiger partial charge in [-0.1, -0.05) is 0 Å². The molecule has 0 aromatic heterocycles. The molecule has 0 saturated carbocycles. The predicted octanol–water partition coefficient (Wildman–Crippen LogP) is 0.614. The Kier molecular flexibility index (Phi) is 5.23. The van der Waals surface area contributed by atoms with Crippen molar-refractivity contribution in [3.63, 3.8) is 0 Å². The highest BCUT2D eigenvalue weighted by Gasteiger charge is 2.68. The lowest BCUT2D eigenvalue weighted by Crippen LogP contribution is -2.51. The second kappa shape index (κ2) is 4.84. The number of hydrogen-bond donors (Lipinski definition) is 1. The van der Waals surface area contributed by atoms with Crippen LogP contribution in [0.25, 0.3) is 0 Å². The topological polar surface area (TPSA) is 89.9 Å². The molecule has 1 N–H and O–H groups in total. The highest BCUT2D eigenvalue weighted by Crippen LogP contribution is 2.37. The average Bonchev–Trinajstić information content (AvgIpc) is 1.97. The summed E-state index contributed by atoms with van der Waals surface area (Å²) in [6.07, 6.45) is -6.26. The maximum atomic E-state index is 12.6. The smallest absolute Gasteiger partial charge is 0.269 e. The summed E-state index contributed by atoms with van der Waals surface area (Å²) in [6.45, 7) is 0. The largest absolute Gasteiger partial charge is 0.461 e. The zero-order chi connectivity index (χ0) is 12.5. The van der Waals surface area contributed by atoms with Crippen LogP contribution in [0, 0.1) is 0 Å². The summed E-state index contributed by atoms with van der Waals surface area (Å²) in [5, 5.41) is 0. The van der Waals surface area contributed by atoms with Gasteiger partial charge in [0.2, 0.25) is 0 Å². The van der Waals surface area contributed by atoms with Gasteiger partial charge in [0.05, 0.1) is 0 Å². The lowest BCUT2D eigenvalue weighted by Gasteiger charge is -2.21. The summed E-state index contributed by atoms with van der Waals surface area (Å²) in [6, 6.07) is 0. The van der Waals surface area contributed by atoms with E-state index < -0.39 is 28.4 Å². The minimum atomic E-state index is -6.26. The first kappa shape index (κ1) is 17.3. The molecule has 1 unspecified atom stereocenters. The molecule has 6 nitrogen and oxygen atoms in total. The molecule has 0 amide bonds. The van der Waals surface area contributed by atoms with Crippen molar-refractivity contribution in [1.82, 2.24) is 0 Å². The van der Waals surface area contributed by atoms with Gasteiger partial charge in [-0.3, -0.25) is 9.26 Å². The number of carbonyl (C=O) groups is 1. The van der Waals surface area contributed by atoms with Crippen molar-refractivity contribution >= 4 is 16.4 Å². The van der Waals surface area contributed by atoms with Gasteiger partial charge in [0, 0.05) is 4.53 Å². The van der Waals surface area contributed by atoms with Gasteiger partial charge in [-0.25, -0.2) is 9.74 Å². The summed E-state index contributed by atoms with van der Waals surface area (Å²) >= 11 is 0. The average molecular weight is 280 g/mol. The molecule has 0 aliphatic rings. The third kappa shape index (κ3) is 3.82. The third-order valence-electron chi connectivity index (χ3n) is 0.917. The van der Waals surface area contributed by atoms with E-state index >= 15 is 0 Å². The normalized spacial score (nSPS) is 15.9. The molecule has 98 valence electrons. The van der Waals surface area contributed by atoms with Gasteiger partial charge in [-0.15, -0.1) is 0 Å². The maximum absolute atomic E-state index is 12.6. The summed E-state index contributed by atoms with van der Waals surface area (Å²) in [5.41, 5.74) is 0. The summed E-state index contributed by atoms with van der Waals surface area (Å²) in [4.78, 5) is 11.8. The number of halogens is 6. The van der Waals surface area contributed by atoms with E-state index in [-0.39, 0.29) is 4.70 Å². The Balaban J connectivity index is 0.